The molecule has 0 spiro atoms. The third-order valence-electron chi connectivity index (χ3n) is 2.61. The van der Waals surface area contributed by atoms with Crippen LogP contribution in [0.15, 0.2) is 36.9 Å². The SMILES string of the molecule is CC(C)CCNc1cccc(-n2cnnc2)c1. The summed E-state index contributed by atoms with van der Waals surface area (Å²) in [7, 11) is 0. The van der Waals surface area contributed by atoms with Gasteiger partial charge in [0.2, 0.25) is 0 Å². The van der Waals surface area contributed by atoms with Crippen LogP contribution in [0.1, 0.15) is 20.3 Å². The van der Waals surface area contributed by atoms with Crippen molar-refractivity contribution in [2.75, 3.05) is 11.9 Å². The second-order valence-corrected chi connectivity index (χ2v) is 4.53. The topological polar surface area (TPSA) is 42.7 Å². The van der Waals surface area contributed by atoms with Crippen molar-refractivity contribution < 1.29 is 0 Å². The smallest absolute Gasteiger partial charge is 0.123 e. The van der Waals surface area contributed by atoms with Crippen molar-refractivity contribution in [3.8, 4) is 5.69 Å². The lowest BCUT2D eigenvalue weighted by atomic mass is 10.1. The Hall–Kier alpha value is -1.84. The number of aromatic nitrogens is 3. The molecule has 4 nitrogen and oxygen atoms in total. The number of hydrogen-bond donors (Lipinski definition) is 1. The number of benzene rings is 1. The summed E-state index contributed by atoms with van der Waals surface area (Å²) < 4.78 is 1.90. The van der Waals surface area contributed by atoms with Crippen molar-refractivity contribution in [2.45, 2.75) is 20.3 Å². The van der Waals surface area contributed by atoms with Crippen molar-refractivity contribution in [3.05, 3.63) is 36.9 Å². The van der Waals surface area contributed by atoms with Crippen LogP contribution in [0.5, 0.6) is 0 Å². The molecule has 1 heterocycles. The van der Waals surface area contributed by atoms with Gasteiger partial charge >= 0.3 is 0 Å². The molecule has 1 aromatic carbocycles. The van der Waals surface area contributed by atoms with E-state index < -0.39 is 0 Å². The molecular formula is C13H18N4. The molecule has 0 aliphatic carbocycles. The zero-order chi connectivity index (χ0) is 12.1. The van der Waals surface area contributed by atoms with Gasteiger partial charge in [0.15, 0.2) is 0 Å². The van der Waals surface area contributed by atoms with Crippen molar-refractivity contribution in [2.24, 2.45) is 5.92 Å². The average Bonchev–Trinajstić information content (AvgIpc) is 2.82. The molecule has 0 saturated heterocycles. The Labute approximate surface area is 102 Å². The maximum atomic E-state index is 3.81. The quantitative estimate of drug-likeness (QED) is 0.858. The van der Waals surface area contributed by atoms with Gasteiger partial charge in [0.05, 0.1) is 5.69 Å². The third-order valence-corrected chi connectivity index (χ3v) is 2.61. The van der Waals surface area contributed by atoms with Crippen molar-refractivity contribution in [1.82, 2.24) is 14.8 Å². The van der Waals surface area contributed by atoms with Crippen LogP contribution in [0.3, 0.4) is 0 Å². The van der Waals surface area contributed by atoms with E-state index in [1.54, 1.807) is 12.7 Å². The molecule has 17 heavy (non-hydrogen) atoms. The van der Waals surface area contributed by atoms with E-state index in [-0.39, 0.29) is 0 Å². The summed E-state index contributed by atoms with van der Waals surface area (Å²) in [6.45, 7) is 5.47. The summed E-state index contributed by atoms with van der Waals surface area (Å²) in [6, 6.07) is 8.25. The average molecular weight is 230 g/mol. The lowest BCUT2D eigenvalue weighted by Gasteiger charge is -2.09. The second-order valence-electron chi connectivity index (χ2n) is 4.53. The minimum atomic E-state index is 0.725. The molecule has 0 atom stereocenters. The predicted octanol–water partition coefficient (Wildman–Crippen LogP) is 2.73. The van der Waals surface area contributed by atoms with Crippen LogP contribution in [0.2, 0.25) is 0 Å². The molecule has 0 amide bonds. The summed E-state index contributed by atoms with van der Waals surface area (Å²) >= 11 is 0. The van der Waals surface area contributed by atoms with Crippen LogP contribution in [0.4, 0.5) is 5.69 Å². The monoisotopic (exact) mass is 230 g/mol. The minimum Gasteiger partial charge on any atom is -0.385 e. The molecule has 0 aliphatic rings. The van der Waals surface area contributed by atoms with E-state index in [1.807, 2.05) is 16.7 Å². The van der Waals surface area contributed by atoms with Crippen LogP contribution in [0, 0.1) is 5.92 Å². The van der Waals surface area contributed by atoms with Gasteiger partial charge in [-0.3, -0.25) is 4.57 Å². The largest absolute Gasteiger partial charge is 0.385 e. The number of nitrogens with one attached hydrogen (secondary N) is 1. The number of rotatable bonds is 5. The van der Waals surface area contributed by atoms with Gasteiger partial charge in [0.1, 0.15) is 12.7 Å². The van der Waals surface area contributed by atoms with Crippen molar-refractivity contribution in [1.29, 1.82) is 0 Å². The second kappa shape index (κ2) is 5.48. The molecule has 0 aliphatic heterocycles. The third kappa shape index (κ3) is 3.31. The first kappa shape index (κ1) is 11.6. The number of hydrogen-bond acceptors (Lipinski definition) is 3. The number of nitrogens with zero attached hydrogens (tertiary/aromatic N) is 3. The normalized spacial score (nSPS) is 10.8. The first-order valence-corrected chi connectivity index (χ1v) is 5.94. The summed E-state index contributed by atoms with van der Waals surface area (Å²) in [5.74, 6) is 0.725. The summed E-state index contributed by atoms with van der Waals surface area (Å²) in [4.78, 5) is 0. The molecule has 90 valence electrons. The molecule has 0 radical (unpaired) electrons. The van der Waals surface area contributed by atoms with E-state index in [2.05, 4.69) is 41.5 Å². The van der Waals surface area contributed by atoms with E-state index in [0.29, 0.717) is 0 Å². The minimum absolute atomic E-state index is 0.725. The molecule has 1 N–H and O–H groups in total. The highest BCUT2D eigenvalue weighted by Gasteiger charge is 1.98. The highest BCUT2D eigenvalue weighted by molar-refractivity contribution is 5.50. The molecule has 0 unspecified atom stereocenters. The summed E-state index contributed by atoms with van der Waals surface area (Å²) in [6.07, 6.45) is 4.58. The molecule has 1 aromatic heterocycles. The molecule has 2 aromatic rings. The highest BCUT2D eigenvalue weighted by atomic mass is 15.2. The van der Waals surface area contributed by atoms with Gasteiger partial charge in [0, 0.05) is 12.2 Å². The van der Waals surface area contributed by atoms with Crippen molar-refractivity contribution >= 4 is 5.69 Å². The molecule has 0 saturated carbocycles. The van der Waals surface area contributed by atoms with Gasteiger partial charge in [0.25, 0.3) is 0 Å². The highest BCUT2D eigenvalue weighted by Crippen LogP contribution is 2.14. The Balaban J connectivity index is 2.02. The zero-order valence-electron chi connectivity index (χ0n) is 10.3. The maximum absolute atomic E-state index is 3.81. The van der Waals surface area contributed by atoms with E-state index in [1.165, 1.54) is 6.42 Å². The Morgan fingerprint density at radius 3 is 2.71 bits per heavy atom. The molecule has 2 rings (SSSR count). The lowest BCUT2D eigenvalue weighted by Crippen LogP contribution is -2.05. The van der Waals surface area contributed by atoms with Gasteiger partial charge < -0.3 is 5.32 Å². The van der Waals surface area contributed by atoms with Gasteiger partial charge in [-0.2, -0.15) is 0 Å². The number of anilines is 1. The summed E-state index contributed by atoms with van der Waals surface area (Å²) in [5, 5.41) is 11.0. The molecule has 0 fully saturated rings. The first-order valence-electron chi connectivity index (χ1n) is 5.94. The van der Waals surface area contributed by atoms with Crippen LogP contribution in [-0.4, -0.2) is 21.3 Å². The lowest BCUT2D eigenvalue weighted by molar-refractivity contribution is 0.607. The van der Waals surface area contributed by atoms with Crippen LogP contribution < -0.4 is 5.32 Å². The van der Waals surface area contributed by atoms with Gasteiger partial charge in [-0.25, -0.2) is 0 Å². The van der Waals surface area contributed by atoms with Crippen LogP contribution >= 0.6 is 0 Å². The van der Waals surface area contributed by atoms with E-state index in [4.69, 9.17) is 0 Å². The van der Waals surface area contributed by atoms with E-state index in [9.17, 15) is 0 Å². The Morgan fingerprint density at radius 2 is 2.00 bits per heavy atom. The molecule has 4 heteroatoms. The first-order chi connectivity index (χ1) is 8.25. The summed E-state index contributed by atoms with van der Waals surface area (Å²) in [5.41, 5.74) is 2.21. The molecule has 0 bridgehead atoms. The van der Waals surface area contributed by atoms with Gasteiger partial charge in [-0.1, -0.05) is 19.9 Å². The Morgan fingerprint density at radius 1 is 1.24 bits per heavy atom. The fourth-order valence-corrected chi connectivity index (χ4v) is 1.62. The zero-order valence-corrected chi connectivity index (χ0v) is 10.3. The standard InChI is InChI=1S/C13H18N4/c1-11(2)6-7-14-12-4-3-5-13(8-12)17-9-15-16-10-17/h3-5,8-11,14H,6-7H2,1-2H3. The predicted molar refractivity (Wildman–Crippen MR) is 69.3 cm³/mol. The van der Waals surface area contributed by atoms with Gasteiger partial charge in [-0.05, 0) is 30.5 Å². The fourth-order valence-electron chi connectivity index (χ4n) is 1.62. The Bertz CT molecular complexity index is 448. The van der Waals surface area contributed by atoms with Gasteiger partial charge in [-0.15, -0.1) is 10.2 Å². The van der Waals surface area contributed by atoms with Crippen molar-refractivity contribution in [3.63, 3.8) is 0 Å². The van der Waals surface area contributed by atoms with Crippen LogP contribution in [0.25, 0.3) is 5.69 Å². The maximum Gasteiger partial charge on any atom is 0.123 e. The van der Waals surface area contributed by atoms with E-state index >= 15 is 0 Å². The molecular weight excluding hydrogens is 212 g/mol. The van der Waals surface area contributed by atoms with Crippen LogP contribution in [-0.2, 0) is 0 Å². The Kier molecular flexibility index (Phi) is 3.75. The van der Waals surface area contributed by atoms with E-state index in [0.717, 1.165) is 23.8 Å². The fraction of sp³-hybridized carbons (Fsp3) is 0.385.